The van der Waals surface area contributed by atoms with Gasteiger partial charge in [-0.05, 0) is 0 Å². The normalized spacial score (nSPS) is 10.8. The van der Waals surface area contributed by atoms with Crippen LogP contribution in [0.3, 0.4) is 0 Å². The van der Waals surface area contributed by atoms with Crippen LogP contribution in [0.5, 0.6) is 0 Å². The number of hydrogen-bond donors (Lipinski definition) is 6. The number of aromatic amines is 2. The van der Waals surface area contributed by atoms with Crippen LogP contribution in [0.2, 0.25) is 0 Å². The van der Waals surface area contributed by atoms with E-state index in [1.807, 2.05) is 0 Å². The molecular formula is C5H7FN5O5P. The Hall–Kier alpha value is -1.81. The van der Waals surface area contributed by atoms with E-state index in [1.165, 1.54) is 11.9 Å². The maximum atomic E-state index is 11.8. The molecule has 2 heterocycles. The van der Waals surface area contributed by atoms with Crippen molar-refractivity contribution >= 4 is 24.9 Å². The number of nitrogens with zero attached hydrogens (tertiary/aromatic N) is 2. The van der Waals surface area contributed by atoms with Crippen molar-refractivity contribution in [2.45, 2.75) is 0 Å². The largest absolute Gasteiger partial charge is 0.466 e. The molecule has 0 atom stereocenters. The van der Waals surface area contributed by atoms with E-state index in [0.717, 1.165) is 0 Å². The summed E-state index contributed by atoms with van der Waals surface area (Å²) in [5.41, 5.74) is 1.18. The number of fused-ring (bicyclic) bond motifs is 1. The van der Waals surface area contributed by atoms with Crippen LogP contribution in [0, 0.1) is 0 Å². The van der Waals surface area contributed by atoms with E-state index in [4.69, 9.17) is 19.2 Å². The Morgan fingerprint density at radius 1 is 1.41 bits per heavy atom. The summed E-state index contributed by atoms with van der Waals surface area (Å²) in [6, 6.07) is 0. The quantitative estimate of drug-likeness (QED) is 0.283. The van der Waals surface area contributed by atoms with Gasteiger partial charge in [0.05, 0.1) is 6.33 Å². The topological polar surface area (TPSA) is 164 Å². The molecule has 0 spiro atoms. The molecule has 12 heteroatoms. The van der Waals surface area contributed by atoms with Crippen molar-refractivity contribution in [3.05, 3.63) is 16.7 Å². The molecule has 10 nitrogen and oxygen atoms in total. The first-order valence-corrected chi connectivity index (χ1v) is 5.46. The van der Waals surface area contributed by atoms with Crippen molar-refractivity contribution in [2.75, 3.05) is 5.54 Å². The van der Waals surface area contributed by atoms with E-state index in [-0.39, 0.29) is 17.1 Å². The fourth-order valence-electron chi connectivity index (χ4n) is 0.888. The SMILES string of the molecule is O=P(O)(O)O.O=c1[nH]c(NF)nc2nc[nH]c12. The zero-order valence-electron chi connectivity index (χ0n) is 7.96. The highest BCUT2D eigenvalue weighted by Crippen LogP contribution is 2.25. The molecule has 0 fully saturated rings. The van der Waals surface area contributed by atoms with Crippen molar-refractivity contribution < 1.29 is 23.7 Å². The number of anilines is 1. The number of imidazole rings is 1. The van der Waals surface area contributed by atoms with Crippen LogP contribution in [-0.4, -0.2) is 34.6 Å². The Balaban J connectivity index is 0.000000249. The average molecular weight is 267 g/mol. The Kier molecular flexibility index (Phi) is 3.91. The number of aromatic nitrogens is 4. The van der Waals surface area contributed by atoms with Crippen LogP contribution >= 0.6 is 7.82 Å². The minimum absolute atomic E-state index is 0.180. The minimum atomic E-state index is -4.64. The Morgan fingerprint density at radius 3 is 2.53 bits per heavy atom. The minimum Gasteiger partial charge on any atom is -0.339 e. The number of H-pyrrole nitrogens is 2. The van der Waals surface area contributed by atoms with Crippen LogP contribution in [-0.2, 0) is 4.57 Å². The van der Waals surface area contributed by atoms with Crippen LogP contribution < -0.4 is 11.1 Å². The molecule has 0 radical (unpaired) electrons. The summed E-state index contributed by atoms with van der Waals surface area (Å²) in [6.07, 6.45) is 1.31. The lowest BCUT2D eigenvalue weighted by molar-refractivity contribution is 0.275. The number of phosphoric acid groups is 1. The van der Waals surface area contributed by atoms with Crippen LogP contribution in [0.1, 0.15) is 0 Å². The molecule has 6 N–H and O–H groups in total. The van der Waals surface area contributed by atoms with Crippen LogP contribution in [0.4, 0.5) is 10.4 Å². The monoisotopic (exact) mass is 267 g/mol. The second-order valence-corrected chi connectivity index (χ2v) is 3.65. The van der Waals surface area contributed by atoms with Gasteiger partial charge < -0.3 is 19.7 Å². The molecule has 0 aliphatic rings. The summed E-state index contributed by atoms with van der Waals surface area (Å²) in [7, 11) is -4.64. The summed E-state index contributed by atoms with van der Waals surface area (Å²) in [6.45, 7) is 0. The average Bonchev–Trinajstić information content (AvgIpc) is 2.63. The maximum absolute atomic E-state index is 11.8. The van der Waals surface area contributed by atoms with Gasteiger partial charge in [0.1, 0.15) is 0 Å². The van der Waals surface area contributed by atoms with Crippen LogP contribution in [0.15, 0.2) is 11.1 Å². The summed E-state index contributed by atoms with van der Waals surface area (Å²) < 4.78 is 20.7. The molecule has 0 aliphatic carbocycles. The molecule has 2 aromatic heterocycles. The molecule has 0 saturated heterocycles. The highest BCUT2D eigenvalue weighted by atomic mass is 31.2. The second kappa shape index (κ2) is 5.01. The molecule has 0 unspecified atom stereocenters. The molecule has 94 valence electrons. The van der Waals surface area contributed by atoms with E-state index >= 15 is 0 Å². The third-order valence-corrected chi connectivity index (χ3v) is 1.39. The zero-order chi connectivity index (χ0) is 13.1. The summed E-state index contributed by atoms with van der Waals surface area (Å²) in [5.74, 6) is -0.250. The standard InChI is InChI=1S/C5H4FN5O.H3O4P/c6-11-5-9-3-2(4(12)10-5)7-1-8-3;1-5(2,3)4/h1H,(H3,7,8,9,10,11,12);(H3,1,2,3,4). The summed E-state index contributed by atoms with van der Waals surface area (Å²) >= 11 is 0. The van der Waals surface area contributed by atoms with Gasteiger partial charge in [-0.3, -0.25) is 9.78 Å². The van der Waals surface area contributed by atoms with Gasteiger partial charge in [-0.25, -0.2) is 9.55 Å². The number of halogens is 1. The third-order valence-electron chi connectivity index (χ3n) is 1.39. The van der Waals surface area contributed by atoms with Crippen LogP contribution in [0.25, 0.3) is 11.2 Å². The fourth-order valence-corrected chi connectivity index (χ4v) is 0.888. The molecule has 0 amide bonds. The van der Waals surface area contributed by atoms with Gasteiger partial charge in [-0.2, -0.15) is 10.5 Å². The van der Waals surface area contributed by atoms with Gasteiger partial charge in [-0.1, -0.05) is 0 Å². The highest BCUT2D eigenvalue weighted by molar-refractivity contribution is 7.45. The van der Waals surface area contributed by atoms with Gasteiger partial charge in [0.25, 0.3) is 5.56 Å². The van der Waals surface area contributed by atoms with E-state index in [1.54, 1.807) is 0 Å². The smallest absolute Gasteiger partial charge is 0.339 e. The molecular weight excluding hydrogens is 260 g/mol. The fraction of sp³-hybridized carbons (Fsp3) is 0. The molecule has 0 aromatic carbocycles. The lowest BCUT2D eigenvalue weighted by atomic mass is 10.5. The molecule has 0 aliphatic heterocycles. The van der Waals surface area contributed by atoms with E-state index < -0.39 is 13.4 Å². The van der Waals surface area contributed by atoms with Crippen molar-refractivity contribution in [3.63, 3.8) is 0 Å². The molecule has 2 rings (SSSR count). The van der Waals surface area contributed by atoms with Gasteiger partial charge in [0.15, 0.2) is 11.2 Å². The number of hydrogen-bond acceptors (Lipinski definition) is 5. The molecule has 0 saturated carbocycles. The van der Waals surface area contributed by atoms with E-state index in [9.17, 15) is 9.28 Å². The summed E-state index contributed by atoms with van der Waals surface area (Å²) in [4.78, 5) is 44.7. The van der Waals surface area contributed by atoms with Crippen molar-refractivity contribution in [3.8, 4) is 0 Å². The first kappa shape index (κ1) is 13.3. The van der Waals surface area contributed by atoms with E-state index in [0.29, 0.717) is 0 Å². The predicted octanol–water partition coefficient (Wildman–Crippen LogP) is -0.986. The third kappa shape index (κ3) is 4.28. The first-order valence-electron chi connectivity index (χ1n) is 3.89. The molecule has 17 heavy (non-hydrogen) atoms. The maximum Gasteiger partial charge on any atom is 0.466 e. The summed E-state index contributed by atoms with van der Waals surface area (Å²) in [5, 5.41) is 0. The van der Waals surface area contributed by atoms with Crippen molar-refractivity contribution in [1.82, 2.24) is 19.9 Å². The van der Waals surface area contributed by atoms with Crippen molar-refractivity contribution in [2.24, 2.45) is 0 Å². The Bertz CT molecular complexity index is 596. The second-order valence-electron chi connectivity index (χ2n) is 2.62. The zero-order valence-corrected chi connectivity index (χ0v) is 8.85. The molecule has 2 aromatic rings. The predicted molar refractivity (Wildman–Crippen MR) is 53.5 cm³/mol. The van der Waals surface area contributed by atoms with Gasteiger partial charge in [-0.15, -0.1) is 4.48 Å². The lowest BCUT2D eigenvalue weighted by Gasteiger charge is -1.92. The number of nitrogens with one attached hydrogen (secondary N) is 3. The Labute approximate surface area is 91.7 Å². The lowest BCUT2D eigenvalue weighted by Crippen LogP contribution is -2.09. The highest BCUT2D eigenvalue weighted by Gasteiger charge is 2.04. The van der Waals surface area contributed by atoms with Crippen molar-refractivity contribution in [1.29, 1.82) is 0 Å². The first-order chi connectivity index (χ1) is 7.81. The van der Waals surface area contributed by atoms with Gasteiger partial charge in [0.2, 0.25) is 5.95 Å². The van der Waals surface area contributed by atoms with Gasteiger partial charge >= 0.3 is 7.82 Å². The van der Waals surface area contributed by atoms with Gasteiger partial charge in [0, 0.05) is 0 Å². The van der Waals surface area contributed by atoms with E-state index in [2.05, 4.69) is 19.9 Å². The number of rotatable bonds is 1. The Morgan fingerprint density at radius 2 is 2.00 bits per heavy atom. The molecule has 0 bridgehead atoms.